The molecule has 0 radical (unpaired) electrons. The van der Waals surface area contributed by atoms with Gasteiger partial charge in [-0.2, -0.15) is 0 Å². The minimum absolute atomic E-state index is 0.171. The minimum Gasteiger partial charge on any atom is -0.486 e. The van der Waals surface area contributed by atoms with Gasteiger partial charge in [0.2, 0.25) is 0 Å². The Morgan fingerprint density at radius 2 is 2.19 bits per heavy atom. The van der Waals surface area contributed by atoms with Crippen LogP contribution in [0.4, 0.5) is 0 Å². The number of aliphatic carboxylic acids is 1. The normalized spacial score (nSPS) is 15.7. The SMILES string of the molecule is CC(NCCN=[N+]=[N-])(C(=O)O)c1ccc2c(c1)OCCO2. The van der Waals surface area contributed by atoms with Crippen LogP contribution in [-0.2, 0) is 10.3 Å². The van der Waals surface area contributed by atoms with Crippen molar-refractivity contribution in [2.45, 2.75) is 12.5 Å². The number of nitrogens with one attached hydrogen (secondary N) is 1. The molecule has 1 heterocycles. The van der Waals surface area contributed by atoms with Crippen LogP contribution in [0.5, 0.6) is 11.5 Å². The smallest absolute Gasteiger partial charge is 0.328 e. The molecule has 0 amide bonds. The van der Waals surface area contributed by atoms with Gasteiger partial charge in [0.15, 0.2) is 11.5 Å². The number of rotatable bonds is 6. The predicted octanol–water partition coefficient (Wildman–Crippen LogP) is 1.66. The Labute approximate surface area is 121 Å². The quantitative estimate of drug-likeness (QED) is 0.358. The topological polar surface area (TPSA) is 117 Å². The Hall–Kier alpha value is -2.44. The number of benzene rings is 1. The number of ether oxygens (including phenoxy) is 2. The second-order valence-electron chi connectivity index (χ2n) is 4.67. The van der Waals surface area contributed by atoms with E-state index in [0.29, 0.717) is 30.3 Å². The molecular formula is C13H16N4O4. The molecule has 1 aromatic rings. The van der Waals surface area contributed by atoms with Crippen molar-refractivity contribution in [3.05, 3.63) is 34.2 Å². The van der Waals surface area contributed by atoms with E-state index in [1.165, 1.54) is 0 Å². The Balaban J connectivity index is 2.24. The molecule has 2 rings (SSSR count). The minimum atomic E-state index is -1.30. The fraction of sp³-hybridized carbons (Fsp3) is 0.462. The number of hydrogen-bond acceptors (Lipinski definition) is 5. The van der Waals surface area contributed by atoms with Crippen molar-refractivity contribution in [3.63, 3.8) is 0 Å². The molecule has 0 aromatic heterocycles. The molecule has 0 bridgehead atoms. The van der Waals surface area contributed by atoms with Crippen molar-refractivity contribution < 1.29 is 19.4 Å². The molecule has 112 valence electrons. The van der Waals surface area contributed by atoms with Crippen molar-refractivity contribution in [1.29, 1.82) is 0 Å². The standard InChI is InChI=1S/C13H16N4O4/c1-13(12(18)19,15-4-5-16-17-14)9-2-3-10-11(8-9)21-7-6-20-10/h2-3,8,15H,4-7H2,1H3,(H,18,19). The van der Waals surface area contributed by atoms with Crippen LogP contribution in [0, 0.1) is 0 Å². The highest BCUT2D eigenvalue weighted by Gasteiger charge is 2.35. The predicted molar refractivity (Wildman–Crippen MR) is 74.4 cm³/mol. The van der Waals surface area contributed by atoms with Crippen LogP contribution < -0.4 is 14.8 Å². The van der Waals surface area contributed by atoms with Crippen LogP contribution in [0.15, 0.2) is 23.3 Å². The van der Waals surface area contributed by atoms with E-state index in [1.54, 1.807) is 25.1 Å². The number of hydrogen-bond donors (Lipinski definition) is 2. The molecule has 1 aliphatic rings. The second kappa shape index (κ2) is 6.34. The van der Waals surface area contributed by atoms with E-state index in [4.69, 9.17) is 15.0 Å². The van der Waals surface area contributed by atoms with Crippen LogP contribution in [0.1, 0.15) is 12.5 Å². The van der Waals surface area contributed by atoms with E-state index >= 15 is 0 Å². The van der Waals surface area contributed by atoms with Crippen LogP contribution in [0.2, 0.25) is 0 Å². The van der Waals surface area contributed by atoms with Gasteiger partial charge in [-0.1, -0.05) is 11.2 Å². The van der Waals surface area contributed by atoms with Gasteiger partial charge < -0.3 is 14.6 Å². The van der Waals surface area contributed by atoms with Crippen LogP contribution in [0.3, 0.4) is 0 Å². The summed E-state index contributed by atoms with van der Waals surface area (Å²) < 4.78 is 10.9. The zero-order valence-corrected chi connectivity index (χ0v) is 11.6. The Bertz CT molecular complexity index is 586. The van der Waals surface area contributed by atoms with Gasteiger partial charge in [0, 0.05) is 18.0 Å². The summed E-state index contributed by atoms with van der Waals surface area (Å²) in [6.45, 7) is 2.89. The maximum absolute atomic E-state index is 11.6. The molecule has 0 spiro atoms. The summed E-state index contributed by atoms with van der Waals surface area (Å²) >= 11 is 0. The van der Waals surface area contributed by atoms with Crippen molar-refractivity contribution in [2.24, 2.45) is 5.11 Å². The van der Waals surface area contributed by atoms with E-state index in [-0.39, 0.29) is 13.1 Å². The summed E-state index contributed by atoms with van der Waals surface area (Å²) in [4.78, 5) is 14.2. The largest absolute Gasteiger partial charge is 0.486 e. The van der Waals surface area contributed by atoms with Gasteiger partial charge in [-0.05, 0) is 30.2 Å². The lowest BCUT2D eigenvalue weighted by Crippen LogP contribution is -2.47. The Kier molecular flexibility index (Phi) is 4.52. The molecule has 0 saturated heterocycles. The fourth-order valence-corrected chi connectivity index (χ4v) is 2.06. The van der Waals surface area contributed by atoms with Crippen LogP contribution in [-0.4, -0.2) is 37.4 Å². The monoisotopic (exact) mass is 292 g/mol. The highest BCUT2D eigenvalue weighted by atomic mass is 16.6. The molecule has 21 heavy (non-hydrogen) atoms. The summed E-state index contributed by atoms with van der Waals surface area (Å²) in [6.07, 6.45) is 0. The first-order valence-electron chi connectivity index (χ1n) is 6.47. The molecule has 8 nitrogen and oxygen atoms in total. The number of azide groups is 1. The summed E-state index contributed by atoms with van der Waals surface area (Å²) in [5, 5.41) is 15.8. The number of carboxylic acid groups (broad SMARTS) is 1. The maximum atomic E-state index is 11.6. The summed E-state index contributed by atoms with van der Waals surface area (Å²) in [7, 11) is 0. The van der Waals surface area contributed by atoms with Gasteiger partial charge in [0.05, 0.1) is 0 Å². The van der Waals surface area contributed by atoms with Crippen molar-refractivity contribution in [1.82, 2.24) is 5.32 Å². The lowest BCUT2D eigenvalue weighted by Gasteiger charge is -2.28. The maximum Gasteiger partial charge on any atom is 0.328 e. The molecule has 1 atom stereocenters. The third-order valence-electron chi connectivity index (χ3n) is 3.30. The molecule has 0 fully saturated rings. The van der Waals surface area contributed by atoms with Gasteiger partial charge in [0.1, 0.15) is 18.8 Å². The van der Waals surface area contributed by atoms with Gasteiger partial charge in [-0.15, -0.1) is 0 Å². The molecule has 1 aromatic carbocycles. The van der Waals surface area contributed by atoms with Gasteiger partial charge in [-0.25, -0.2) is 4.79 Å². The Morgan fingerprint density at radius 1 is 1.48 bits per heavy atom. The lowest BCUT2D eigenvalue weighted by molar-refractivity contribution is -0.144. The molecule has 0 aliphatic carbocycles. The fourth-order valence-electron chi connectivity index (χ4n) is 2.06. The highest BCUT2D eigenvalue weighted by molar-refractivity contribution is 5.80. The van der Waals surface area contributed by atoms with Crippen molar-refractivity contribution in [2.75, 3.05) is 26.3 Å². The molecule has 1 unspecified atom stereocenters. The molecule has 1 aliphatic heterocycles. The molecular weight excluding hydrogens is 276 g/mol. The van der Waals surface area contributed by atoms with E-state index in [2.05, 4.69) is 15.3 Å². The van der Waals surface area contributed by atoms with Crippen molar-refractivity contribution >= 4 is 5.97 Å². The van der Waals surface area contributed by atoms with Gasteiger partial charge >= 0.3 is 5.97 Å². The summed E-state index contributed by atoms with van der Waals surface area (Å²) in [5.41, 5.74) is 7.48. The van der Waals surface area contributed by atoms with E-state index in [9.17, 15) is 9.90 Å². The third-order valence-corrected chi connectivity index (χ3v) is 3.30. The zero-order chi connectivity index (χ0) is 15.3. The molecule has 0 saturated carbocycles. The number of fused-ring (bicyclic) bond motifs is 1. The molecule has 8 heteroatoms. The van der Waals surface area contributed by atoms with Crippen LogP contribution in [0.25, 0.3) is 10.4 Å². The van der Waals surface area contributed by atoms with Gasteiger partial charge in [0.25, 0.3) is 0 Å². The Morgan fingerprint density at radius 3 is 2.86 bits per heavy atom. The lowest BCUT2D eigenvalue weighted by atomic mass is 9.91. The van der Waals surface area contributed by atoms with E-state index in [1.807, 2.05) is 0 Å². The van der Waals surface area contributed by atoms with E-state index in [0.717, 1.165) is 0 Å². The zero-order valence-electron chi connectivity index (χ0n) is 11.6. The first kappa shape index (κ1) is 15.0. The van der Waals surface area contributed by atoms with Gasteiger partial charge in [-0.3, -0.25) is 5.32 Å². The van der Waals surface area contributed by atoms with Crippen LogP contribution >= 0.6 is 0 Å². The van der Waals surface area contributed by atoms with Crippen molar-refractivity contribution in [3.8, 4) is 11.5 Å². The summed E-state index contributed by atoms with van der Waals surface area (Å²) in [6, 6.07) is 5.03. The summed E-state index contributed by atoms with van der Waals surface area (Å²) in [5.74, 6) is 0.106. The number of carbonyl (C=O) groups is 1. The number of nitrogens with zero attached hydrogens (tertiary/aromatic N) is 3. The third kappa shape index (κ3) is 3.18. The van der Waals surface area contributed by atoms with E-state index < -0.39 is 11.5 Å². The first-order valence-corrected chi connectivity index (χ1v) is 6.47. The average Bonchev–Trinajstić information content (AvgIpc) is 2.50. The highest BCUT2D eigenvalue weighted by Crippen LogP contribution is 2.34. The second-order valence-corrected chi connectivity index (χ2v) is 4.67. The molecule has 2 N–H and O–H groups in total. The average molecular weight is 292 g/mol. The number of carboxylic acids is 1. The first-order chi connectivity index (χ1) is 10.1.